The second kappa shape index (κ2) is 14.8. The van der Waals surface area contributed by atoms with Gasteiger partial charge in [0.05, 0.1) is 43.5 Å². The zero-order valence-corrected chi connectivity index (χ0v) is 30.1. The molecule has 2 aliphatic heterocycles. The Morgan fingerprint density at radius 3 is 2.63 bits per heavy atom. The normalized spacial score (nSPS) is 31.1. The van der Waals surface area contributed by atoms with Crippen LogP contribution in [0.4, 0.5) is 13.2 Å². The molecule has 3 heterocycles. The largest absolute Gasteiger partial charge is 0.497 e. The molecule has 1 aromatic heterocycles. The third-order valence-corrected chi connectivity index (χ3v) is 12.9. The SMILES string of the molecule is COc1ccc2ncc(O[C@@H]3C[C@H]4C(=O)N[C@]5(C(=O)NS(=O)(=O)C6(CF)CC6)CC5/C=C\CC[C@@H](C)C[C@@H](C)[C@H](NCC(F)F)C(=O)N4C3)nc2c1. The molecule has 3 amide bonds. The number of nitrogens with zero attached hydrogens (tertiary/aromatic N) is 3. The summed E-state index contributed by atoms with van der Waals surface area (Å²) in [5.74, 6) is -2.50. The lowest BCUT2D eigenvalue weighted by Gasteiger charge is -2.33. The van der Waals surface area contributed by atoms with Gasteiger partial charge in [-0.15, -0.1) is 0 Å². The Labute approximate surface area is 300 Å². The van der Waals surface area contributed by atoms with Crippen LogP contribution in [-0.4, -0.2) is 103 Å². The van der Waals surface area contributed by atoms with Crippen molar-refractivity contribution >= 4 is 38.8 Å². The molecule has 0 spiro atoms. The zero-order valence-electron chi connectivity index (χ0n) is 29.3. The van der Waals surface area contributed by atoms with Crippen molar-refractivity contribution in [3.05, 3.63) is 36.5 Å². The Morgan fingerprint density at radius 1 is 1.17 bits per heavy atom. The molecule has 6 rings (SSSR count). The molecule has 0 radical (unpaired) electrons. The van der Waals surface area contributed by atoms with Gasteiger partial charge in [-0.05, 0) is 62.5 Å². The van der Waals surface area contributed by atoms with E-state index in [1.54, 1.807) is 24.3 Å². The van der Waals surface area contributed by atoms with Gasteiger partial charge in [0.25, 0.3) is 12.3 Å². The standard InChI is InChI=1S/C35H45F3N6O7S/c1-20-6-4-5-7-22-15-35(22,33(47)43-52(48,49)34(19-36)10-11-34)42-31(45)27-14-24(18-44(27)32(46)30(21(2)12-20)40-16-28(37)38)51-29-17-39-25-9-8-23(50-3)13-26(25)41-29/h5,7-9,13,17,20-22,24,27-28,30,40H,4,6,10-12,14-16,18-19H2,1-3H3,(H,42,45)(H,43,47)/b7-5-/t20-,21-,22?,24-,27+,30+,35-/m1/s1. The van der Waals surface area contributed by atoms with Gasteiger partial charge >= 0.3 is 0 Å². The van der Waals surface area contributed by atoms with Gasteiger partial charge in [0.1, 0.15) is 34.9 Å². The highest BCUT2D eigenvalue weighted by Crippen LogP contribution is 2.48. The Morgan fingerprint density at radius 2 is 1.94 bits per heavy atom. The zero-order chi connectivity index (χ0) is 37.4. The highest BCUT2D eigenvalue weighted by Gasteiger charge is 2.64. The number of rotatable bonds is 10. The van der Waals surface area contributed by atoms with Crippen LogP contribution in [0.5, 0.6) is 11.6 Å². The van der Waals surface area contributed by atoms with Crippen molar-refractivity contribution < 1.29 is 45.4 Å². The quantitative estimate of drug-likeness (QED) is 0.307. The van der Waals surface area contributed by atoms with Gasteiger partial charge < -0.3 is 25.0 Å². The van der Waals surface area contributed by atoms with Crippen LogP contribution in [0.15, 0.2) is 36.5 Å². The van der Waals surface area contributed by atoms with Gasteiger partial charge in [-0.3, -0.25) is 19.1 Å². The number of hydrogen-bond donors (Lipinski definition) is 3. The molecule has 1 aromatic carbocycles. The summed E-state index contributed by atoms with van der Waals surface area (Å²) in [6, 6.07) is 2.86. The van der Waals surface area contributed by atoms with E-state index in [2.05, 4.69) is 20.6 Å². The summed E-state index contributed by atoms with van der Waals surface area (Å²) in [7, 11) is -2.88. The molecule has 7 atom stereocenters. The first-order chi connectivity index (χ1) is 24.7. The summed E-state index contributed by atoms with van der Waals surface area (Å²) < 4.78 is 78.7. The van der Waals surface area contributed by atoms with Gasteiger partial charge in [-0.25, -0.2) is 31.6 Å². The maximum Gasteiger partial charge on any atom is 0.259 e. The second-order valence-electron chi connectivity index (χ2n) is 14.7. The average molecular weight is 751 g/mol. The van der Waals surface area contributed by atoms with E-state index < -0.39 is 81.8 Å². The lowest BCUT2D eigenvalue weighted by Crippen LogP contribution is -2.59. The van der Waals surface area contributed by atoms with Gasteiger partial charge in [-0.2, -0.15) is 0 Å². The fraction of sp³-hybridized carbons (Fsp3) is 0.629. The first-order valence-electron chi connectivity index (χ1n) is 17.6. The van der Waals surface area contributed by atoms with Crippen LogP contribution >= 0.6 is 0 Å². The molecule has 3 N–H and O–H groups in total. The number of fused-ring (bicyclic) bond motifs is 3. The lowest BCUT2D eigenvalue weighted by molar-refractivity contribution is -0.142. The second-order valence-corrected chi connectivity index (χ2v) is 16.7. The fourth-order valence-electron chi connectivity index (χ4n) is 7.38. The molecule has 284 valence electrons. The lowest BCUT2D eigenvalue weighted by atomic mass is 9.88. The molecule has 17 heteroatoms. The molecule has 3 fully saturated rings. The number of hydrogen-bond acceptors (Lipinski definition) is 10. The van der Waals surface area contributed by atoms with Crippen LogP contribution < -0.4 is 24.8 Å². The number of amides is 3. The Balaban J connectivity index is 1.31. The molecule has 4 aliphatic rings. The van der Waals surface area contributed by atoms with Gasteiger partial charge in [0, 0.05) is 18.4 Å². The molecule has 2 aliphatic carbocycles. The van der Waals surface area contributed by atoms with Crippen molar-refractivity contribution in [3.63, 3.8) is 0 Å². The summed E-state index contributed by atoms with van der Waals surface area (Å²) in [6.07, 6.45) is 3.53. The van der Waals surface area contributed by atoms with Gasteiger partial charge in [-0.1, -0.05) is 26.0 Å². The van der Waals surface area contributed by atoms with E-state index in [4.69, 9.17) is 9.47 Å². The summed E-state index contributed by atoms with van der Waals surface area (Å²) in [4.78, 5) is 52.5. The highest BCUT2D eigenvalue weighted by atomic mass is 32.2. The van der Waals surface area contributed by atoms with Crippen LogP contribution in [0.25, 0.3) is 11.0 Å². The summed E-state index contributed by atoms with van der Waals surface area (Å²) >= 11 is 0. The van der Waals surface area contributed by atoms with E-state index in [0.717, 1.165) is 0 Å². The number of nitrogens with one attached hydrogen (secondary N) is 3. The summed E-state index contributed by atoms with van der Waals surface area (Å²) in [5, 5.41) is 5.48. The Bertz CT molecular complexity index is 1830. The van der Waals surface area contributed by atoms with E-state index in [0.29, 0.717) is 36.0 Å². The number of benzene rings is 1. The van der Waals surface area contributed by atoms with Crippen molar-refractivity contribution in [1.82, 2.24) is 30.2 Å². The minimum Gasteiger partial charge on any atom is -0.497 e. The molecule has 2 aromatic rings. The molecule has 1 unspecified atom stereocenters. The minimum absolute atomic E-state index is 0.0524. The van der Waals surface area contributed by atoms with Gasteiger partial charge in [0.15, 0.2) is 0 Å². The molecule has 1 saturated heterocycles. The predicted octanol–water partition coefficient (Wildman–Crippen LogP) is 3.05. The number of alkyl halides is 3. The maximum atomic E-state index is 14.4. The number of carbonyl (C=O) groups is 3. The Kier molecular flexibility index (Phi) is 10.7. The van der Waals surface area contributed by atoms with E-state index in [1.807, 2.05) is 24.6 Å². The van der Waals surface area contributed by atoms with E-state index in [-0.39, 0.29) is 49.9 Å². The predicted molar refractivity (Wildman–Crippen MR) is 184 cm³/mol. The Hall–Kier alpha value is -3.99. The first kappa shape index (κ1) is 37.8. The van der Waals surface area contributed by atoms with Crippen molar-refractivity contribution in [2.75, 3.05) is 26.9 Å². The van der Waals surface area contributed by atoms with Crippen molar-refractivity contribution in [2.45, 2.75) is 93.7 Å². The fourth-order valence-corrected chi connectivity index (χ4v) is 8.81. The third kappa shape index (κ3) is 7.70. The van der Waals surface area contributed by atoms with Gasteiger partial charge in [0.2, 0.25) is 27.7 Å². The van der Waals surface area contributed by atoms with E-state index in [1.165, 1.54) is 18.2 Å². The molecular weight excluding hydrogens is 705 g/mol. The summed E-state index contributed by atoms with van der Waals surface area (Å²) in [6.45, 7) is 1.81. The highest BCUT2D eigenvalue weighted by molar-refractivity contribution is 7.91. The number of carbonyl (C=O) groups excluding carboxylic acids is 3. The molecule has 52 heavy (non-hydrogen) atoms. The average Bonchev–Trinajstić information content (AvgIpc) is 4.01. The smallest absolute Gasteiger partial charge is 0.259 e. The van der Waals surface area contributed by atoms with Crippen LogP contribution in [0.1, 0.15) is 58.8 Å². The van der Waals surface area contributed by atoms with E-state index in [9.17, 15) is 36.0 Å². The first-order valence-corrected chi connectivity index (χ1v) is 19.1. The maximum absolute atomic E-state index is 14.4. The van der Waals surface area contributed by atoms with Crippen LogP contribution in [0.2, 0.25) is 0 Å². The minimum atomic E-state index is -4.39. The molecular formula is C35H45F3N6O7S. The number of ether oxygens (including phenoxy) is 2. The van der Waals surface area contributed by atoms with Crippen molar-refractivity contribution in [2.24, 2.45) is 17.8 Å². The van der Waals surface area contributed by atoms with Crippen LogP contribution in [-0.2, 0) is 24.4 Å². The molecule has 2 saturated carbocycles. The number of sulfonamides is 1. The monoisotopic (exact) mass is 750 g/mol. The third-order valence-electron chi connectivity index (χ3n) is 10.8. The molecule has 13 nitrogen and oxygen atoms in total. The summed E-state index contributed by atoms with van der Waals surface area (Å²) in [5.41, 5.74) is -0.611. The number of allylic oxidation sites excluding steroid dienone is 1. The van der Waals surface area contributed by atoms with Crippen LogP contribution in [0.3, 0.4) is 0 Å². The van der Waals surface area contributed by atoms with Crippen molar-refractivity contribution in [3.8, 4) is 11.6 Å². The number of methoxy groups -OCH3 is 1. The molecule has 0 bridgehead atoms. The van der Waals surface area contributed by atoms with E-state index >= 15 is 0 Å². The number of halogens is 3. The van der Waals surface area contributed by atoms with Crippen LogP contribution in [0, 0.1) is 17.8 Å². The topological polar surface area (TPSA) is 169 Å². The van der Waals surface area contributed by atoms with Crippen molar-refractivity contribution in [1.29, 1.82) is 0 Å². The number of aromatic nitrogens is 2.